The molecule has 2 aromatic heterocycles. The number of aryl methyl sites for hydroxylation is 1. The van der Waals surface area contributed by atoms with E-state index in [-0.39, 0.29) is 16.8 Å². The maximum atomic E-state index is 12.9. The predicted molar refractivity (Wildman–Crippen MR) is 98.2 cm³/mol. The van der Waals surface area contributed by atoms with Crippen LogP contribution in [0.4, 0.5) is 0 Å². The Bertz CT molecular complexity index is 850. The number of hydrogen-bond acceptors (Lipinski definition) is 4. The van der Waals surface area contributed by atoms with E-state index in [1.54, 1.807) is 34.9 Å². The summed E-state index contributed by atoms with van der Waals surface area (Å²) in [5.41, 5.74) is 0.378. The van der Waals surface area contributed by atoms with Crippen molar-refractivity contribution in [2.75, 3.05) is 20.1 Å². The molecule has 8 heteroatoms. The molecule has 3 heterocycles. The van der Waals surface area contributed by atoms with E-state index in [1.165, 1.54) is 16.6 Å². The van der Waals surface area contributed by atoms with Crippen molar-refractivity contribution in [1.29, 1.82) is 0 Å². The van der Waals surface area contributed by atoms with Crippen LogP contribution < -0.4 is 0 Å². The van der Waals surface area contributed by atoms with Crippen molar-refractivity contribution >= 4 is 27.3 Å². The molecule has 6 nitrogen and oxygen atoms in total. The van der Waals surface area contributed by atoms with Crippen LogP contribution >= 0.6 is 11.3 Å². The van der Waals surface area contributed by atoms with Gasteiger partial charge in [0.1, 0.15) is 10.6 Å². The Morgan fingerprint density at radius 3 is 2.60 bits per heavy atom. The second kappa shape index (κ2) is 6.93. The molecule has 0 radical (unpaired) electrons. The van der Waals surface area contributed by atoms with Crippen molar-refractivity contribution in [1.82, 2.24) is 13.8 Å². The summed E-state index contributed by atoms with van der Waals surface area (Å²) in [5.74, 6) is -0.189. The number of carbonyl (C=O) groups excluding carboxylic acids is 1. The third kappa shape index (κ3) is 3.38. The first-order valence-electron chi connectivity index (χ1n) is 8.29. The first-order chi connectivity index (χ1) is 11.8. The minimum atomic E-state index is -3.52. The second-order valence-electron chi connectivity index (χ2n) is 6.39. The summed E-state index contributed by atoms with van der Waals surface area (Å²) >= 11 is 1.60. The fraction of sp³-hybridized carbons (Fsp3) is 0.471. The van der Waals surface area contributed by atoms with Crippen molar-refractivity contribution in [2.24, 2.45) is 7.05 Å². The topological polar surface area (TPSA) is 62.6 Å². The molecule has 0 aromatic carbocycles. The van der Waals surface area contributed by atoms with Crippen LogP contribution in [0.3, 0.4) is 0 Å². The molecule has 0 unspecified atom stereocenters. The molecule has 0 aliphatic carbocycles. The smallest absolute Gasteiger partial charge is 0.270 e. The Morgan fingerprint density at radius 2 is 2.00 bits per heavy atom. The van der Waals surface area contributed by atoms with Crippen LogP contribution in [0.1, 0.15) is 41.2 Å². The SMILES string of the molecule is C[C@@H](c1cccs1)N(C)C(=O)c1cc(S(=O)(=O)N2CCCC2)cn1C. The highest BCUT2D eigenvalue weighted by Gasteiger charge is 2.30. The van der Waals surface area contributed by atoms with Crippen LogP contribution in [-0.4, -0.2) is 48.2 Å². The molecule has 0 spiro atoms. The van der Waals surface area contributed by atoms with Gasteiger partial charge in [0.2, 0.25) is 10.0 Å². The summed E-state index contributed by atoms with van der Waals surface area (Å²) in [5, 5.41) is 1.98. The quantitative estimate of drug-likeness (QED) is 0.800. The van der Waals surface area contributed by atoms with Crippen molar-refractivity contribution < 1.29 is 13.2 Å². The van der Waals surface area contributed by atoms with Crippen molar-refractivity contribution in [3.05, 3.63) is 40.3 Å². The van der Waals surface area contributed by atoms with Gasteiger partial charge in [0, 0.05) is 38.3 Å². The maximum Gasteiger partial charge on any atom is 0.270 e. The molecule has 1 atom stereocenters. The van der Waals surface area contributed by atoms with Crippen LogP contribution in [0.5, 0.6) is 0 Å². The van der Waals surface area contributed by atoms with Crippen molar-refractivity contribution in [3.8, 4) is 0 Å². The molecule has 1 saturated heterocycles. The number of amides is 1. The fourth-order valence-corrected chi connectivity index (χ4v) is 5.46. The summed E-state index contributed by atoms with van der Waals surface area (Å²) < 4.78 is 28.5. The van der Waals surface area contributed by atoms with E-state index in [9.17, 15) is 13.2 Å². The molecule has 1 aliphatic heterocycles. The summed E-state index contributed by atoms with van der Waals surface area (Å²) in [6.07, 6.45) is 3.31. The number of hydrogen-bond donors (Lipinski definition) is 0. The standard InChI is InChI=1S/C17H23N3O3S2/c1-13(16-7-6-10-24-16)19(3)17(21)15-11-14(12-18(15)2)25(22,23)20-8-4-5-9-20/h6-7,10-13H,4-5,8-9H2,1-3H3/t13-/m0/s1. The van der Waals surface area contributed by atoms with E-state index >= 15 is 0 Å². The van der Waals surface area contributed by atoms with Crippen molar-refractivity contribution in [2.45, 2.75) is 30.7 Å². The van der Waals surface area contributed by atoms with Gasteiger partial charge in [-0.05, 0) is 37.3 Å². The second-order valence-corrected chi connectivity index (χ2v) is 9.31. The molecule has 3 rings (SSSR count). The molecule has 2 aromatic rings. The van der Waals surface area contributed by atoms with Crippen LogP contribution in [0.25, 0.3) is 0 Å². The average molecular weight is 382 g/mol. The molecular weight excluding hydrogens is 358 g/mol. The van der Waals surface area contributed by atoms with Gasteiger partial charge in [0.05, 0.1) is 6.04 Å². The minimum Gasteiger partial charge on any atom is -0.345 e. The first-order valence-corrected chi connectivity index (χ1v) is 10.6. The Morgan fingerprint density at radius 1 is 1.32 bits per heavy atom. The highest BCUT2D eigenvalue weighted by atomic mass is 32.2. The zero-order chi connectivity index (χ0) is 18.2. The summed E-state index contributed by atoms with van der Waals surface area (Å²) in [4.78, 5) is 15.8. The number of sulfonamides is 1. The van der Waals surface area contributed by atoms with E-state index in [0.29, 0.717) is 18.8 Å². The summed E-state index contributed by atoms with van der Waals surface area (Å²) in [6, 6.07) is 5.38. The van der Waals surface area contributed by atoms with Gasteiger partial charge in [-0.25, -0.2) is 8.42 Å². The van der Waals surface area contributed by atoms with E-state index < -0.39 is 10.0 Å². The lowest BCUT2D eigenvalue weighted by molar-refractivity contribution is 0.0735. The monoisotopic (exact) mass is 381 g/mol. The van der Waals surface area contributed by atoms with E-state index in [1.807, 2.05) is 24.4 Å². The normalized spacial score (nSPS) is 16.9. The highest BCUT2D eigenvalue weighted by Crippen LogP contribution is 2.27. The lowest BCUT2D eigenvalue weighted by Gasteiger charge is -2.24. The zero-order valence-corrected chi connectivity index (χ0v) is 16.3. The van der Waals surface area contributed by atoms with Gasteiger partial charge in [0.15, 0.2) is 0 Å². The van der Waals surface area contributed by atoms with Gasteiger partial charge in [-0.1, -0.05) is 6.07 Å². The molecule has 0 bridgehead atoms. The fourth-order valence-electron chi connectivity index (χ4n) is 3.04. The molecule has 1 aliphatic rings. The molecule has 0 N–H and O–H groups in total. The van der Waals surface area contributed by atoms with Gasteiger partial charge in [-0.3, -0.25) is 4.79 Å². The Kier molecular flexibility index (Phi) is 5.04. The highest BCUT2D eigenvalue weighted by molar-refractivity contribution is 7.89. The lowest BCUT2D eigenvalue weighted by Crippen LogP contribution is -2.30. The first kappa shape index (κ1) is 18.2. The molecular formula is C17H23N3O3S2. The van der Waals surface area contributed by atoms with Gasteiger partial charge in [0.25, 0.3) is 5.91 Å². The van der Waals surface area contributed by atoms with Crippen LogP contribution in [0, 0.1) is 0 Å². The predicted octanol–water partition coefficient (Wildman–Crippen LogP) is 2.70. The minimum absolute atomic E-state index is 0.0685. The van der Waals surface area contributed by atoms with Crippen molar-refractivity contribution in [3.63, 3.8) is 0 Å². The summed E-state index contributed by atoms with van der Waals surface area (Å²) in [6.45, 7) is 3.07. The zero-order valence-electron chi connectivity index (χ0n) is 14.7. The summed E-state index contributed by atoms with van der Waals surface area (Å²) in [7, 11) is -0.0666. The van der Waals surface area contributed by atoms with Gasteiger partial charge >= 0.3 is 0 Å². The Hall–Kier alpha value is -1.64. The van der Waals surface area contributed by atoms with E-state index in [2.05, 4.69) is 0 Å². The molecule has 1 amide bonds. The molecule has 25 heavy (non-hydrogen) atoms. The largest absolute Gasteiger partial charge is 0.345 e. The third-order valence-electron chi connectivity index (χ3n) is 4.76. The van der Waals surface area contributed by atoms with Gasteiger partial charge < -0.3 is 9.47 Å². The lowest BCUT2D eigenvalue weighted by atomic mass is 10.2. The van der Waals surface area contributed by atoms with E-state index in [0.717, 1.165) is 17.7 Å². The van der Waals surface area contributed by atoms with Crippen LogP contribution in [0.2, 0.25) is 0 Å². The van der Waals surface area contributed by atoms with E-state index in [4.69, 9.17) is 0 Å². The Balaban J connectivity index is 1.85. The average Bonchev–Trinajstić information content (AvgIpc) is 3.32. The Labute approximate surface area is 152 Å². The van der Waals surface area contributed by atoms with Gasteiger partial charge in [-0.15, -0.1) is 11.3 Å². The molecule has 136 valence electrons. The number of carbonyl (C=O) groups is 1. The third-order valence-corrected chi connectivity index (χ3v) is 7.66. The maximum absolute atomic E-state index is 12.9. The number of rotatable bonds is 5. The number of nitrogens with zero attached hydrogens (tertiary/aromatic N) is 3. The number of thiophene rings is 1. The molecule has 1 fully saturated rings. The van der Waals surface area contributed by atoms with Crippen LogP contribution in [0.15, 0.2) is 34.7 Å². The molecule has 0 saturated carbocycles. The number of aromatic nitrogens is 1. The van der Waals surface area contributed by atoms with Gasteiger partial charge in [-0.2, -0.15) is 4.31 Å². The van der Waals surface area contributed by atoms with Crippen LogP contribution in [-0.2, 0) is 17.1 Å².